The lowest BCUT2D eigenvalue weighted by molar-refractivity contribution is -0.124. The Balaban J connectivity index is 2.05. The molecule has 1 fully saturated rings. The number of amides is 1. The fraction of sp³-hybridized carbons (Fsp3) is 0.467. The van der Waals surface area contributed by atoms with Gasteiger partial charge >= 0.3 is 0 Å². The van der Waals surface area contributed by atoms with Crippen LogP contribution in [0.25, 0.3) is 0 Å². The van der Waals surface area contributed by atoms with Gasteiger partial charge in [-0.1, -0.05) is 25.1 Å². The molecule has 114 valence electrons. The largest absolute Gasteiger partial charge is 0.332 e. The summed E-state index contributed by atoms with van der Waals surface area (Å²) in [5, 5.41) is 6.04. The highest BCUT2D eigenvalue weighted by molar-refractivity contribution is 7.80. The minimum Gasteiger partial charge on any atom is -0.332 e. The van der Waals surface area contributed by atoms with Crippen LogP contribution in [-0.4, -0.2) is 15.4 Å². The lowest BCUT2D eigenvalue weighted by Crippen LogP contribution is -2.40. The molecule has 6 heteroatoms. The molecular weight excluding hydrogens is 327 g/mol. The lowest BCUT2D eigenvalue weighted by Gasteiger charge is -2.17. The van der Waals surface area contributed by atoms with E-state index in [1.807, 2.05) is 25.1 Å². The van der Waals surface area contributed by atoms with Crippen molar-refractivity contribution in [2.75, 3.05) is 5.32 Å². The summed E-state index contributed by atoms with van der Waals surface area (Å²) in [5.41, 5.74) is 2.39. The molecule has 0 aliphatic heterocycles. The summed E-state index contributed by atoms with van der Waals surface area (Å²) in [6.45, 7) is 5.80. The maximum atomic E-state index is 12.2. The first-order chi connectivity index (χ1) is 9.71. The molecule has 1 aliphatic carbocycles. The predicted octanol–water partition coefficient (Wildman–Crippen LogP) is 3.95. The zero-order chi connectivity index (χ0) is 15.8. The summed E-state index contributed by atoms with van der Waals surface area (Å²) in [6, 6.07) is 6.03. The van der Waals surface area contributed by atoms with E-state index >= 15 is 0 Å². The first kappa shape index (κ1) is 16.5. The molecule has 2 N–H and O–H groups in total. The van der Waals surface area contributed by atoms with Gasteiger partial charge in [0.05, 0.1) is 5.41 Å². The van der Waals surface area contributed by atoms with Crippen LogP contribution in [0.4, 0.5) is 5.69 Å². The summed E-state index contributed by atoms with van der Waals surface area (Å²) >= 11 is 17.2. The van der Waals surface area contributed by atoms with Crippen molar-refractivity contribution in [2.45, 2.75) is 37.9 Å². The van der Waals surface area contributed by atoms with Gasteiger partial charge in [-0.2, -0.15) is 0 Å². The Hall–Kier alpha value is -0.840. The van der Waals surface area contributed by atoms with Gasteiger partial charge in [-0.15, -0.1) is 23.2 Å². The SMILES string of the molecule is CCc1cccc(C)c1NC(=S)NC(=O)C1(C)CC1(Cl)Cl. The maximum absolute atomic E-state index is 12.2. The molecule has 1 aromatic carbocycles. The Morgan fingerprint density at radius 3 is 2.57 bits per heavy atom. The van der Waals surface area contributed by atoms with E-state index in [1.54, 1.807) is 6.92 Å². The zero-order valence-corrected chi connectivity index (χ0v) is 14.5. The Morgan fingerprint density at radius 1 is 1.43 bits per heavy atom. The topological polar surface area (TPSA) is 41.1 Å². The first-order valence-electron chi connectivity index (χ1n) is 6.80. The molecule has 1 saturated carbocycles. The first-order valence-corrected chi connectivity index (χ1v) is 7.96. The number of benzene rings is 1. The molecule has 3 nitrogen and oxygen atoms in total. The second-order valence-electron chi connectivity index (χ2n) is 5.58. The molecule has 0 saturated heterocycles. The van der Waals surface area contributed by atoms with Crippen molar-refractivity contribution in [3.8, 4) is 0 Å². The molecule has 0 aromatic heterocycles. The number of rotatable bonds is 3. The number of alkyl halides is 2. The van der Waals surface area contributed by atoms with Crippen LogP contribution in [0.15, 0.2) is 18.2 Å². The minimum atomic E-state index is -0.996. The van der Waals surface area contributed by atoms with Crippen LogP contribution in [0.3, 0.4) is 0 Å². The van der Waals surface area contributed by atoms with Crippen molar-refractivity contribution in [2.24, 2.45) is 5.41 Å². The summed E-state index contributed by atoms with van der Waals surface area (Å²) in [5.74, 6) is -0.253. The third-order valence-corrected chi connectivity index (χ3v) is 5.27. The van der Waals surface area contributed by atoms with Crippen molar-refractivity contribution >= 4 is 52.1 Å². The molecule has 0 bridgehead atoms. The maximum Gasteiger partial charge on any atom is 0.235 e. The molecule has 2 rings (SSSR count). The van der Waals surface area contributed by atoms with E-state index in [4.69, 9.17) is 35.4 Å². The Kier molecular flexibility index (Phi) is 4.52. The Labute approximate surface area is 140 Å². The monoisotopic (exact) mass is 344 g/mol. The molecule has 0 radical (unpaired) electrons. The Morgan fingerprint density at radius 2 is 2.05 bits per heavy atom. The van der Waals surface area contributed by atoms with Gasteiger partial charge in [-0.25, -0.2) is 0 Å². The second-order valence-corrected chi connectivity index (χ2v) is 7.48. The summed E-state index contributed by atoms with van der Waals surface area (Å²) in [6.07, 6.45) is 1.31. The molecule has 1 atom stereocenters. The quantitative estimate of drug-likeness (QED) is 0.644. The van der Waals surface area contributed by atoms with Crippen molar-refractivity contribution in [3.63, 3.8) is 0 Å². The van der Waals surface area contributed by atoms with E-state index in [1.165, 1.54) is 0 Å². The molecule has 1 aliphatic rings. The number of halogens is 2. The van der Waals surface area contributed by atoms with Crippen LogP contribution in [-0.2, 0) is 11.2 Å². The molecule has 0 spiro atoms. The van der Waals surface area contributed by atoms with Crippen LogP contribution < -0.4 is 10.6 Å². The van der Waals surface area contributed by atoms with Gasteiger partial charge in [-0.3, -0.25) is 4.79 Å². The van der Waals surface area contributed by atoms with Crippen molar-refractivity contribution in [1.29, 1.82) is 0 Å². The number of hydrogen-bond acceptors (Lipinski definition) is 2. The third kappa shape index (κ3) is 3.17. The molecule has 1 aromatic rings. The average Bonchev–Trinajstić information content (AvgIpc) is 2.92. The van der Waals surface area contributed by atoms with Gasteiger partial charge in [0.25, 0.3) is 0 Å². The van der Waals surface area contributed by atoms with E-state index in [0.717, 1.165) is 23.2 Å². The average molecular weight is 345 g/mol. The van der Waals surface area contributed by atoms with Crippen LogP contribution in [0, 0.1) is 12.3 Å². The number of aryl methyl sites for hydroxylation is 2. The normalized spacial score (nSPS) is 22.5. The number of nitrogens with one attached hydrogen (secondary N) is 2. The predicted molar refractivity (Wildman–Crippen MR) is 92.1 cm³/mol. The fourth-order valence-electron chi connectivity index (χ4n) is 2.23. The van der Waals surface area contributed by atoms with Gasteiger partial charge in [-0.05, 0) is 50.0 Å². The minimum absolute atomic E-state index is 0.253. The fourth-order valence-corrected chi connectivity index (χ4v) is 3.14. The molecular formula is C15H18Cl2N2OS. The second kappa shape index (κ2) is 5.75. The zero-order valence-electron chi connectivity index (χ0n) is 12.2. The van der Waals surface area contributed by atoms with Crippen molar-refractivity contribution < 1.29 is 4.79 Å². The summed E-state index contributed by atoms with van der Waals surface area (Å²) in [7, 11) is 0. The van der Waals surface area contributed by atoms with Gasteiger partial charge < -0.3 is 10.6 Å². The van der Waals surface area contributed by atoms with Gasteiger partial charge in [0.1, 0.15) is 4.33 Å². The van der Waals surface area contributed by atoms with Gasteiger partial charge in [0.15, 0.2) is 5.11 Å². The standard InChI is InChI=1S/C15H18Cl2N2OS/c1-4-10-7-5-6-9(2)11(10)18-13(21)19-12(20)14(3)8-15(14,16)17/h5-7H,4,8H2,1-3H3,(H2,18,19,20,21). The smallest absolute Gasteiger partial charge is 0.235 e. The number of carbonyl (C=O) groups excluding carboxylic acids is 1. The Bertz CT molecular complexity index is 603. The molecule has 21 heavy (non-hydrogen) atoms. The lowest BCUT2D eigenvalue weighted by atomic mass is 10.1. The molecule has 0 heterocycles. The van der Waals surface area contributed by atoms with Gasteiger partial charge in [0, 0.05) is 5.69 Å². The van der Waals surface area contributed by atoms with E-state index in [-0.39, 0.29) is 11.0 Å². The van der Waals surface area contributed by atoms with Crippen LogP contribution >= 0.6 is 35.4 Å². The van der Waals surface area contributed by atoms with E-state index in [0.29, 0.717) is 6.42 Å². The van der Waals surface area contributed by atoms with E-state index < -0.39 is 9.75 Å². The number of hydrogen-bond donors (Lipinski definition) is 2. The van der Waals surface area contributed by atoms with E-state index in [9.17, 15) is 4.79 Å². The summed E-state index contributed by atoms with van der Waals surface area (Å²) in [4.78, 5) is 12.2. The molecule has 1 amide bonds. The number of carbonyl (C=O) groups is 1. The molecule has 1 unspecified atom stereocenters. The highest BCUT2D eigenvalue weighted by Gasteiger charge is 2.68. The number of thiocarbonyl (C=S) groups is 1. The summed E-state index contributed by atoms with van der Waals surface area (Å²) < 4.78 is -0.996. The number of anilines is 1. The highest BCUT2D eigenvalue weighted by atomic mass is 35.5. The van der Waals surface area contributed by atoms with E-state index in [2.05, 4.69) is 17.6 Å². The highest BCUT2D eigenvalue weighted by Crippen LogP contribution is 2.63. The van der Waals surface area contributed by atoms with Crippen LogP contribution in [0.2, 0.25) is 0 Å². The van der Waals surface area contributed by atoms with Gasteiger partial charge in [0.2, 0.25) is 5.91 Å². The van der Waals surface area contributed by atoms with Crippen molar-refractivity contribution in [3.05, 3.63) is 29.3 Å². The van der Waals surface area contributed by atoms with Crippen molar-refractivity contribution in [1.82, 2.24) is 5.32 Å². The van der Waals surface area contributed by atoms with Crippen LogP contribution in [0.5, 0.6) is 0 Å². The number of para-hydroxylation sites is 1. The van der Waals surface area contributed by atoms with Crippen LogP contribution in [0.1, 0.15) is 31.4 Å². The third-order valence-electron chi connectivity index (χ3n) is 3.96.